The number of thiophene rings is 1. The second-order valence-corrected chi connectivity index (χ2v) is 12.3. The topological polar surface area (TPSA) is 116 Å². The lowest BCUT2D eigenvalue weighted by Crippen LogP contribution is -2.55. The van der Waals surface area contributed by atoms with Crippen LogP contribution >= 0.6 is 22.9 Å². The normalized spacial score (nSPS) is 23.6. The maximum Gasteiger partial charge on any atom is 0.242 e. The van der Waals surface area contributed by atoms with Crippen LogP contribution in [0.15, 0.2) is 17.5 Å². The van der Waals surface area contributed by atoms with Gasteiger partial charge in [0.15, 0.2) is 0 Å². The molecule has 0 unspecified atom stereocenters. The Balaban J connectivity index is 1.30. The second kappa shape index (κ2) is 10.8. The van der Waals surface area contributed by atoms with Gasteiger partial charge >= 0.3 is 0 Å². The van der Waals surface area contributed by atoms with Crippen molar-refractivity contribution in [2.24, 2.45) is 5.92 Å². The molecular weight excluding hydrogens is 500 g/mol. The van der Waals surface area contributed by atoms with Crippen molar-refractivity contribution in [2.75, 3.05) is 26.2 Å². The number of halogens is 1. The van der Waals surface area contributed by atoms with Crippen molar-refractivity contribution < 1.29 is 22.8 Å². The highest BCUT2D eigenvalue weighted by atomic mass is 35.5. The number of piperidine rings is 1. The van der Waals surface area contributed by atoms with Gasteiger partial charge in [-0.2, -0.15) is 4.72 Å². The summed E-state index contributed by atoms with van der Waals surface area (Å²) in [6.45, 7) is 1.34. The second-order valence-electron chi connectivity index (χ2n) is 8.96. The lowest BCUT2D eigenvalue weighted by molar-refractivity contribution is -0.143. The summed E-state index contributed by atoms with van der Waals surface area (Å²) in [6, 6.07) is 2.41. The summed E-state index contributed by atoms with van der Waals surface area (Å²) >= 11 is 7.11. The highest BCUT2D eigenvalue weighted by Crippen LogP contribution is 2.29. The molecule has 1 aromatic rings. The fourth-order valence-electron chi connectivity index (χ4n) is 4.36. The molecule has 9 nitrogen and oxygen atoms in total. The van der Waals surface area contributed by atoms with Crippen LogP contribution in [-0.4, -0.2) is 74.2 Å². The Kier molecular flexibility index (Phi) is 7.96. The van der Waals surface area contributed by atoms with E-state index >= 15 is 0 Å². The number of sulfonamides is 1. The number of hydrogen-bond donors (Lipinski definition) is 2. The minimum absolute atomic E-state index is 0.0526. The standard InChI is InChI=1S/C22H29ClN4O5S2/c23-19-8-7-17(33-19)9-12-34(31,32)25-18-4-2-10-26(22(18)30)14-20(28)27-11-1-3-16(27)13-24-21(29)15-5-6-15/h7-9,12,15-16,18,25H,1-6,10-11,13-14H2,(H,24,29)/b12-9+/t16-,18-/m0/s1. The monoisotopic (exact) mass is 528 g/mol. The summed E-state index contributed by atoms with van der Waals surface area (Å²) in [4.78, 5) is 41.7. The summed E-state index contributed by atoms with van der Waals surface area (Å²) in [6.07, 6.45) is 5.93. The first kappa shape index (κ1) is 25.2. The lowest BCUT2D eigenvalue weighted by atomic mass is 10.1. The van der Waals surface area contributed by atoms with Gasteiger partial charge in [-0.3, -0.25) is 14.4 Å². The van der Waals surface area contributed by atoms with E-state index in [0.717, 1.165) is 31.1 Å². The minimum Gasteiger partial charge on any atom is -0.354 e. The molecule has 0 aromatic carbocycles. The third-order valence-electron chi connectivity index (χ3n) is 6.33. The Morgan fingerprint density at radius 2 is 1.91 bits per heavy atom. The first-order valence-corrected chi connectivity index (χ1v) is 14.3. The van der Waals surface area contributed by atoms with E-state index < -0.39 is 22.0 Å². The Hall–Kier alpha value is -1.95. The number of amides is 3. The highest BCUT2D eigenvalue weighted by Gasteiger charge is 2.36. The Morgan fingerprint density at radius 3 is 2.62 bits per heavy atom. The molecule has 1 aliphatic carbocycles. The number of hydrogen-bond acceptors (Lipinski definition) is 6. The first-order valence-electron chi connectivity index (χ1n) is 11.5. The molecule has 2 N–H and O–H groups in total. The van der Waals surface area contributed by atoms with E-state index in [1.165, 1.54) is 22.3 Å². The summed E-state index contributed by atoms with van der Waals surface area (Å²) < 4.78 is 28.0. The van der Waals surface area contributed by atoms with Crippen LogP contribution in [0.25, 0.3) is 6.08 Å². The summed E-state index contributed by atoms with van der Waals surface area (Å²) in [5.41, 5.74) is 0. The fraction of sp³-hybridized carbons (Fsp3) is 0.591. The smallest absolute Gasteiger partial charge is 0.242 e. The molecule has 2 atom stereocenters. The van der Waals surface area contributed by atoms with Crippen molar-refractivity contribution >= 4 is 56.8 Å². The van der Waals surface area contributed by atoms with E-state index in [4.69, 9.17) is 11.6 Å². The molecule has 1 saturated carbocycles. The van der Waals surface area contributed by atoms with Crippen molar-refractivity contribution in [3.05, 3.63) is 26.8 Å². The van der Waals surface area contributed by atoms with Crippen LogP contribution in [0.3, 0.4) is 0 Å². The SMILES string of the molecule is O=C(NC[C@@H]1CCCN1C(=O)CN1CCC[C@H](NS(=O)(=O)/C=C/c2ccc(Cl)s2)C1=O)C1CC1. The molecule has 0 radical (unpaired) electrons. The largest absolute Gasteiger partial charge is 0.354 e. The molecule has 4 rings (SSSR count). The maximum absolute atomic E-state index is 13.0. The molecule has 0 spiro atoms. The van der Waals surface area contributed by atoms with Crippen molar-refractivity contribution in [3.8, 4) is 0 Å². The Morgan fingerprint density at radius 1 is 1.15 bits per heavy atom. The molecule has 12 heteroatoms. The maximum atomic E-state index is 13.0. The molecule has 1 aromatic heterocycles. The van der Waals surface area contributed by atoms with E-state index in [-0.39, 0.29) is 30.3 Å². The van der Waals surface area contributed by atoms with Crippen LogP contribution in [0, 0.1) is 5.92 Å². The van der Waals surface area contributed by atoms with Crippen LogP contribution in [0.2, 0.25) is 4.34 Å². The number of carbonyl (C=O) groups excluding carboxylic acids is 3. The van der Waals surface area contributed by atoms with Crippen LogP contribution in [0.4, 0.5) is 0 Å². The zero-order valence-electron chi connectivity index (χ0n) is 18.7. The van der Waals surface area contributed by atoms with Crippen molar-refractivity contribution in [3.63, 3.8) is 0 Å². The minimum atomic E-state index is -3.85. The Bertz CT molecular complexity index is 1070. The first-order chi connectivity index (χ1) is 16.2. The van der Waals surface area contributed by atoms with Crippen LogP contribution < -0.4 is 10.0 Å². The van der Waals surface area contributed by atoms with E-state index in [0.29, 0.717) is 41.7 Å². The number of carbonyl (C=O) groups is 3. The van der Waals surface area contributed by atoms with Crippen molar-refractivity contribution in [1.82, 2.24) is 19.8 Å². The van der Waals surface area contributed by atoms with Crippen LogP contribution in [-0.2, 0) is 24.4 Å². The van der Waals surface area contributed by atoms with Gasteiger partial charge in [-0.1, -0.05) is 11.6 Å². The van der Waals surface area contributed by atoms with E-state index in [1.54, 1.807) is 17.0 Å². The number of nitrogens with one attached hydrogen (secondary N) is 2. The number of nitrogens with zero attached hydrogens (tertiary/aromatic N) is 2. The van der Waals surface area contributed by atoms with Gasteiger partial charge in [0.25, 0.3) is 0 Å². The quantitative estimate of drug-likeness (QED) is 0.507. The van der Waals surface area contributed by atoms with Gasteiger partial charge < -0.3 is 15.1 Å². The van der Waals surface area contributed by atoms with E-state index in [9.17, 15) is 22.8 Å². The highest BCUT2D eigenvalue weighted by molar-refractivity contribution is 7.92. The molecule has 186 valence electrons. The summed E-state index contributed by atoms with van der Waals surface area (Å²) in [5, 5.41) is 3.96. The lowest BCUT2D eigenvalue weighted by Gasteiger charge is -2.34. The molecule has 3 fully saturated rings. The van der Waals surface area contributed by atoms with E-state index in [1.807, 2.05) is 0 Å². The summed E-state index contributed by atoms with van der Waals surface area (Å²) in [5.74, 6) is -0.393. The van der Waals surface area contributed by atoms with Gasteiger partial charge in [-0.15, -0.1) is 11.3 Å². The zero-order valence-corrected chi connectivity index (χ0v) is 21.1. The van der Waals surface area contributed by atoms with Gasteiger partial charge in [-0.25, -0.2) is 8.42 Å². The predicted octanol–water partition coefficient (Wildman–Crippen LogP) is 1.80. The van der Waals surface area contributed by atoms with Gasteiger partial charge in [0, 0.05) is 41.9 Å². The van der Waals surface area contributed by atoms with Gasteiger partial charge in [-0.05, 0) is 56.7 Å². The fourth-order valence-corrected chi connectivity index (χ4v) is 6.43. The van der Waals surface area contributed by atoms with E-state index in [2.05, 4.69) is 10.0 Å². The van der Waals surface area contributed by atoms with Crippen molar-refractivity contribution in [1.29, 1.82) is 0 Å². The molecular formula is C22H29ClN4O5S2. The molecule has 2 saturated heterocycles. The Labute approximate surface area is 208 Å². The molecule has 0 bridgehead atoms. The average Bonchev–Trinajstić information content (AvgIpc) is 3.39. The molecule has 3 heterocycles. The number of likely N-dealkylation sites (tertiary alicyclic amines) is 2. The molecule has 34 heavy (non-hydrogen) atoms. The van der Waals surface area contributed by atoms with Crippen LogP contribution in [0.1, 0.15) is 43.4 Å². The zero-order chi connectivity index (χ0) is 24.3. The molecule has 2 aliphatic heterocycles. The molecule has 3 aliphatic rings. The van der Waals surface area contributed by atoms with Gasteiger partial charge in [0.05, 0.1) is 10.9 Å². The number of rotatable bonds is 9. The molecule has 3 amide bonds. The average molecular weight is 529 g/mol. The third kappa shape index (κ3) is 6.59. The summed E-state index contributed by atoms with van der Waals surface area (Å²) in [7, 11) is -3.85. The third-order valence-corrected chi connectivity index (χ3v) is 8.63. The van der Waals surface area contributed by atoms with Crippen molar-refractivity contribution in [2.45, 2.75) is 50.6 Å². The van der Waals surface area contributed by atoms with Gasteiger partial charge in [0.2, 0.25) is 27.7 Å². The predicted molar refractivity (Wildman–Crippen MR) is 130 cm³/mol. The van der Waals surface area contributed by atoms with Crippen LogP contribution in [0.5, 0.6) is 0 Å². The van der Waals surface area contributed by atoms with Gasteiger partial charge in [0.1, 0.15) is 6.04 Å².